The van der Waals surface area contributed by atoms with Crippen molar-refractivity contribution in [2.45, 2.75) is 64.1 Å². The SMILES string of the molecule is C=CC(=O)OC12CC(C(=O)OC(C)(C)C)C(C1)C1CCCC12. The summed E-state index contributed by atoms with van der Waals surface area (Å²) >= 11 is 0. The fourth-order valence-corrected chi connectivity index (χ4v) is 5.09. The molecule has 3 aliphatic carbocycles. The predicted molar refractivity (Wildman–Crippen MR) is 81.9 cm³/mol. The van der Waals surface area contributed by atoms with Gasteiger partial charge in [-0.2, -0.15) is 0 Å². The summed E-state index contributed by atoms with van der Waals surface area (Å²) in [6.07, 6.45) is 6.07. The molecular weight excluding hydrogens is 280 g/mol. The normalized spacial score (nSPS) is 39.4. The number of hydrogen-bond donors (Lipinski definition) is 0. The lowest BCUT2D eigenvalue weighted by atomic mass is 9.74. The van der Waals surface area contributed by atoms with E-state index < -0.39 is 11.2 Å². The van der Waals surface area contributed by atoms with E-state index >= 15 is 0 Å². The van der Waals surface area contributed by atoms with Crippen molar-refractivity contribution in [3.8, 4) is 0 Å². The van der Waals surface area contributed by atoms with E-state index in [1.807, 2.05) is 20.8 Å². The van der Waals surface area contributed by atoms with Gasteiger partial charge in [-0.15, -0.1) is 0 Å². The number of carbonyl (C=O) groups is 2. The predicted octanol–water partition coefficient (Wildman–Crippen LogP) is 3.25. The lowest BCUT2D eigenvalue weighted by molar-refractivity contribution is -0.170. The summed E-state index contributed by atoms with van der Waals surface area (Å²) in [5.41, 5.74) is -0.933. The van der Waals surface area contributed by atoms with E-state index in [0.717, 1.165) is 19.3 Å². The zero-order chi connectivity index (χ0) is 16.1. The van der Waals surface area contributed by atoms with Gasteiger partial charge in [-0.1, -0.05) is 13.0 Å². The fourth-order valence-electron chi connectivity index (χ4n) is 5.09. The molecule has 122 valence electrons. The minimum Gasteiger partial charge on any atom is -0.460 e. The van der Waals surface area contributed by atoms with Crippen LogP contribution in [0.3, 0.4) is 0 Å². The van der Waals surface area contributed by atoms with E-state index in [2.05, 4.69) is 6.58 Å². The van der Waals surface area contributed by atoms with Crippen LogP contribution in [0, 0.1) is 23.7 Å². The van der Waals surface area contributed by atoms with Crippen molar-refractivity contribution in [2.75, 3.05) is 0 Å². The third-order valence-electron chi connectivity index (χ3n) is 5.64. The zero-order valence-electron chi connectivity index (χ0n) is 13.8. The number of rotatable bonds is 3. The number of carbonyl (C=O) groups excluding carboxylic acids is 2. The molecule has 3 fully saturated rings. The Labute approximate surface area is 132 Å². The summed E-state index contributed by atoms with van der Waals surface area (Å²) in [7, 11) is 0. The molecule has 0 saturated heterocycles. The molecule has 4 nitrogen and oxygen atoms in total. The maximum absolute atomic E-state index is 12.6. The van der Waals surface area contributed by atoms with Crippen LogP contribution in [0.2, 0.25) is 0 Å². The molecule has 0 aromatic carbocycles. The van der Waals surface area contributed by atoms with E-state index in [-0.39, 0.29) is 17.9 Å². The van der Waals surface area contributed by atoms with Crippen molar-refractivity contribution in [1.29, 1.82) is 0 Å². The van der Waals surface area contributed by atoms with Crippen molar-refractivity contribution in [3.05, 3.63) is 12.7 Å². The molecule has 5 unspecified atom stereocenters. The molecule has 0 heterocycles. The minimum absolute atomic E-state index is 0.126. The van der Waals surface area contributed by atoms with Crippen LogP contribution in [0.5, 0.6) is 0 Å². The van der Waals surface area contributed by atoms with Gasteiger partial charge in [-0.25, -0.2) is 4.79 Å². The standard InChI is InChI=1S/C18H26O4/c1-5-15(19)21-18-9-12(11-7-6-8-14(11)18)13(10-18)16(20)22-17(2,3)4/h5,11-14H,1,6-10H2,2-4H3. The maximum atomic E-state index is 12.6. The van der Waals surface area contributed by atoms with E-state index in [0.29, 0.717) is 24.2 Å². The van der Waals surface area contributed by atoms with Crippen molar-refractivity contribution < 1.29 is 19.1 Å². The Morgan fingerprint density at radius 2 is 1.91 bits per heavy atom. The highest BCUT2D eigenvalue weighted by molar-refractivity contribution is 5.82. The summed E-state index contributed by atoms with van der Waals surface area (Å²) in [5, 5.41) is 0. The molecule has 0 aliphatic heterocycles. The summed E-state index contributed by atoms with van der Waals surface area (Å²) in [5.74, 6) is 0.607. The highest BCUT2D eigenvalue weighted by atomic mass is 16.6. The van der Waals surface area contributed by atoms with Gasteiger partial charge in [0.05, 0.1) is 5.92 Å². The largest absolute Gasteiger partial charge is 0.460 e. The third-order valence-corrected chi connectivity index (χ3v) is 5.64. The van der Waals surface area contributed by atoms with Gasteiger partial charge in [0.15, 0.2) is 0 Å². The third kappa shape index (κ3) is 2.46. The van der Waals surface area contributed by atoms with Crippen LogP contribution in [0.15, 0.2) is 12.7 Å². The Kier molecular flexibility index (Phi) is 3.61. The molecule has 4 heteroatoms. The number of fused-ring (bicyclic) bond motifs is 5. The highest BCUT2D eigenvalue weighted by Crippen LogP contribution is 2.64. The Morgan fingerprint density at radius 1 is 1.18 bits per heavy atom. The first-order chi connectivity index (χ1) is 10.3. The Morgan fingerprint density at radius 3 is 2.55 bits per heavy atom. The Hall–Kier alpha value is -1.32. The van der Waals surface area contributed by atoms with Gasteiger partial charge >= 0.3 is 11.9 Å². The lowest BCUT2D eigenvalue weighted by Crippen LogP contribution is -2.43. The van der Waals surface area contributed by atoms with Crippen LogP contribution < -0.4 is 0 Å². The molecule has 0 aromatic rings. The summed E-state index contributed by atoms with van der Waals surface area (Å²) in [6.45, 7) is 9.18. The fraction of sp³-hybridized carbons (Fsp3) is 0.778. The van der Waals surface area contributed by atoms with Crippen LogP contribution >= 0.6 is 0 Å². The minimum atomic E-state index is -0.473. The van der Waals surface area contributed by atoms with E-state index in [4.69, 9.17) is 9.47 Å². The number of hydrogen-bond acceptors (Lipinski definition) is 4. The van der Waals surface area contributed by atoms with Crippen molar-refractivity contribution in [3.63, 3.8) is 0 Å². The molecule has 3 rings (SSSR count). The topological polar surface area (TPSA) is 52.6 Å². The van der Waals surface area contributed by atoms with Gasteiger partial charge in [-0.3, -0.25) is 4.79 Å². The van der Waals surface area contributed by atoms with Crippen LogP contribution in [-0.4, -0.2) is 23.1 Å². The summed E-state index contributed by atoms with van der Waals surface area (Å²) in [6, 6.07) is 0. The first kappa shape index (κ1) is 15.6. The monoisotopic (exact) mass is 306 g/mol. The Bertz CT molecular complexity index is 504. The smallest absolute Gasteiger partial charge is 0.330 e. The Balaban J connectivity index is 1.82. The second-order valence-electron chi connectivity index (χ2n) is 8.10. The molecule has 3 saturated carbocycles. The zero-order valence-corrected chi connectivity index (χ0v) is 13.8. The second-order valence-corrected chi connectivity index (χ2v) is 8.10. The summed E-state index contributed by atoms with van der Waals surface area (Å²) < 4.78 is 11.4. The maximum Gasteiger partial charge on any atom is 0.330 e. The van der Waals surface area contributed by atoms with Crippen LogP contribution in [0.1, 0.15) is 52.9 Å². The second kappa shape index (κ2) is 5.10. The van der Waals surface area contributed by atoms with Crippen molar-refractivity contribution in [1.82, 2.24) is 0 Å². The molecule has 0 N–H and O–H groups in total. The lowest BCUT2D eigenvalue weighted by Gasteiger charge is -2.38. The first-order valence-electron chi connectivity index (χ1n) is 8.34. The summed E-state index contributed by atoms with van der Waals surface area (Å²) in [4.78, 5) is 24.3. The van der Waals surface area contributed by atoms with Gasteiger partial charge in [0.1, 0.15) is 11.2 Å². The van der Waals surface area contributed by atoms with Crippen LogP contribution in [-0.2, 0) is 19.1 Å². The van der Waals surface area contributed by atoms with E-state index in [9.17, 15) is 9.59 Å². The van der Waals surface area contributed by atoms with Gasteiger partial charge in [0.2, 0.25) is 0 Å². The molecule has 2 bridgehead atoms. The first-order valence-corrected chi connectivity index (χ1v) is 8.34. The molecule has 0 radical (unpaired) electrons. The van der Waals surface area contributed by atoms with Crippen LogP contribution in [0.25, 0.3) is 0 Å². The van der Waals surface area contributed by atoms with Gasteiger partial charge in [0, 0.05) is 18.4 Å². The quantitative estimate of drug-likeness (QED) is 0.593. The van der Waals surface area contributed by atoms with E-state index in [1.165, 1.54) is 12.5 Å². The number of ether oxygens (including phenoxy) is 2. The van der Waals surface area contributed by atoms with Crippen LogP contribution in [0.4, 0.5) is 0 Å². The molecule has 22 heavy (non-hydrogen) atoms. The van der Waals surface area contributed by atoms with Crippen molar-refractivity contribution >= 4 is 11.9 Å². The number of esters is 2. The van der Waals surface area contributed by atoms with E-state index in [1.54, 1.807) is 0 Å². The molecular formula is C18H26O4. The van der Waals surface area contributed by atoms with Gasteiger partial charge < -0.3 is 9.47 Å². The molecule has 0 aromatic heterocycles. The molecule has 3 aliphatic rings. The highest BCUT2D eigenvalue weighted by Gasteiger charge is 2.66. The van der Waals surface area contributed by atoms with Crippen molar-refractivity contribution in [2.24, 2.45) is 23.7 Å². The average Bonchev–Trinajstić information content (AvgIpc) is 3.06. The average molecular weight is 306 g/mol. The molecule has 5 atom stereocenters. The molecule has 0 spiro atoms. The van der Waals surface area contributed by atoms with Gasteiger partial charge in [-0.05, 0) is 51.9 Å². The van der Waals surface area contributed by atoms with Gasteiger partial charge in [0.25, 0.3) is 0 Å². The molecule has 0 amide bonds.